The average Bonchev–Trinajstić information content (AvgIpc) is 2.74. The SMILES string of the molecule is CCCCCCOB(OCCCCCC)[O][Sn]([CH2]CCC)([CH2]CCC)[CH2]CCC. The minimum atomic E-state index is -2.71. The van der Waals surface area contributed by atoms with Crippen molar-refractivity contribution in [3.8, 4) is 0 Å². The molecule has 0 bridgehead atoms. The summed E-state index contributed by atoms with van der Waals surface area (Å²) in [5, 5.41) is 0. The molecule has 0 aliphatic carbocycles. The maximum atomic E-state index is 6.92. The van der Waals surface area contributed by atoms with Crippen LogP contribution in [0.15, 0.2) is 0 Å². The van der Waals surface area contributed by atoms with E-state index in [4.69, 9.17) is 12.3 Å². The van der Waals surface area contributed by atoms with Gasteiger partial charge >= 0.3 is 189 Å². The van der Waals surface area contributed by atoms with Gasteiger partial charge in [-0.3, -0.25) is 0 Å². The zero-order valence-electron chi connectivity index (χ0n) is 20.7. The van der Waals surface area contributed by atoms with Gasteiger partial charge in [0.15, 0.2) is 0 Å². The van der Waals surface area contributed by atoms with Crippen molar-refractivity contribution >= 4 is 26.1 Å². The summed E-state index contributed by atoms with van der Waals surface area (Å²) >= 11 is -2.71. The summed E-state index contributed by atoms with van der Waals surface area (Å²) in [6.07, 6.45) is 17.6. The molecule has 0 spiro atoms. The van der Waals surface area contributed by atoms with Crippen LogP contribution in [0.2, 0.25) is 13.3 Å². The zero-order valence-corrected chi connectivity index (χ0v) is 23.6. The van der Waals surface area contributed by atoms with Crippen LogP contribution in [0, 0.1) is 0 Å². The summed E-state index contributed by atoms with van der Waals surface area (Å²) in [6.45, 7) is 13.0. The van der Waals surface area contributed by atoms with E-state index in [-0.39, 0.29) is 0 Å². The van der Waals surface area contributed by atoms with Crippen molar-refractivity contribution in [2.75, 3.05) is 13.2 Å². The molecule has 174 valence electrons. The molecule has 0 saturated heterocycles. The van der Waals surface area contributed by atoms with Gasteiger partial charge in [0.1, 0.15) is 0 Å². The molecule has 0 aliphatic heterocycles. The molecule has 0 fully saturated rings. The fourth-order valence-corrected chi connectivity index (χ4v) is 17.0. The Morgan fingerprint density at radius 3 is 1.21 bits per heavy atom. The summed E-state index contributed by atoms with van der Waals surface area (Å²) < 4.78 is 23.3. The van der Waals surface area contributed by atoms with E-state index in [1.54, 1.807) is 0 Å². The van der Waals surface area contributed by atoms with E-state index in [0.29, 0.717) is 0 Å². The van der Waals surface area contributed by atoms with E-state index in [1.807, 2.05) is 0 Å². The van der Waals surface area contributed by atoms with Crippen molar-refractivity contribution < 1.29 is 12.3 Å². The topological polar surface area (TPSA) is 27.7 Å². The molecule has 3 nitrogen and oxygen atoms in total. The van der Waals surface area contributed by atoms with Gasteiger partial charge in [-0.1, -0.05) is 0 Å². The molecule has 0 aromatic carbocycles. The van der Waals surface area contributed by atoms with Gasteiger partial charge < -0.3 is 0 Å². The molecule has 0 unspecified atom stereocenters. The molecular formula is C24H53BO3Sn. The van der Waals surface area contributed by atoms with Crippen molar-refractivity contribution in [1.82, 2.24) is 0 Å². The van der Waals surface area contributed by atoms with E-state index >= 15 is 0 Å². The standard InChI is InChI=1S/C12H26BO3.3C4H9.Sn/c1-3-5-7-9-11-15-13(14)16-12-10-8-6-4-2;3*1-3-4-2;/h3-12H2,1-2H3;3*1,3-4H2,2H3;/q-1;;;;+1. The zero-order chi connectivity index (χ0) is 21.6. The summed E-state index contributed by atoms with van der Waals surface area (Å²) in [7, 11) is -0.403. The van der Waals surface area contributed by atoms with Crippen molar-refractivity contribution in [1.29, 1.82) is 0 Å². The fourth-order valence-electron chi connectivity index (χ4n) is 3.79. The normalized spacial score (nSPS) is 11.9. The number of hydrogen-bond acceptors (Lipinski definition) is 3. The first kappa shape index (κ1) is 29.7. The van der Waals surface area contributed by atoms with Crippen LogP contribution in [-0.2, 0) is 12.3 Å². The Balaban J connectivity index is 4.95. The quantitative estimate of drug-likeness (QED) is 0.100. The first-order valence-corrected chi connectivity index (χ1v) is 20.3. The summed E-state index contributed by atoms with van der Waals surface area (Å²) in [5.74, 6) is 0. The summed E-state index contributed by atoms with van der Waals surface area (Å²) in [5.41, 5.74) is 0. The van der Waals surface area contributed by atoms with Crippen molar-refractivity contribution in [2.24, 2.45) is 0 Å². The maximum absolute atomic E-state index is 6.92. The molecular weight excluding hydrogens is 466 g/mol. The molecule has 0 radical (unpaired) electrons. The van der Waals surface area contributed by atoms with Crippen molar-refractivity contribution in [2.45, 2.75) is 138 Å². The molecule has 0 aromatic heterocycles. The summed E-state index contributed by atoms with van der Waals surface area (Å²) in [6, 6.07) is 0. The van der Waals surface area contributed by atoms with Gasteiger partial charge in [0.05, 0.1) is 0 Å². The number of unbranched alkanes of at least 4 members (excludes halogenated alkanes) is 9. The molecule has 29 heavy (non-hydrogen) atoms. The van der Waals surface area contributed by atoms with Crippen molar-refractivity contribution in [3.63, 3.8) is 0 Å². The van der Waals surface area contributed by atoms with E-state index in [0.717, 1.165) is 26.1 Å². The number of rotatable bonds is 23. The second-order valence-electron chi connectivity index (χ2n) is 8.76. The Hall–Kier alpha value is 0.744. The molecule has 0 N–H and O–H groups in total. The van der Waals surface area contributed by atoms with Crippen LogP contribution in [0.3, 0.4) is 0 Å². The van der Waals surface area contributed by atoms with E-state index in [9.17, 15) is 0 Å². The first-order valence-electron chi connectivity index (χ1n) is 13.1. The predicted molar refractivity (Wildman–Crippen MR) is 132 cm³/mol. The third kappa shape index (κ3) is 17.0. The van der Waals surface area contributed by atoms with Crippen LogP contribution in [0.1, 0.15) is 125 Å². The average molecular weight is 519 g/mol. The Morgan fingerprint density at radius 1 is 0.483 bits per heavy atom. The molecule has 0 rings (SSSR count). The van der Waals surface area contributed by atoms with Crippen molar-refractivity contribution in [3.05, 3.63) is 0 Å². The van der Waals surface area contributed by atoms with E-state index in [1.165, 1.54) is 90.4 Å². The van der Waals surface area contributed by atoms with Gasteiger partial charge in [-0.05, 0) is 0 Å². The van der Waals surface area contributed by atoms with Gasteiger partial charge in [-0.25, -0.2) is 0 Å². The molecule has 0 atom stereocenters. The Kier molecular flexibility index (Phi) is 22.5. The van der Waals surface area contributed by atoms with Crippen LogP contribution in [0.4, 0.5) is 0 Å². The van der Waals surface area contributed by atoms with Gasteiger partial charge in [0.25, 0.3) is 0 Å². The third-order valence-electron chi connectivity index (χ3n) is 5.81. The minimum absolute atomic E-state index is 0.403. The van der Waals surface area contributed by atoms with Crippen LogP contribution < -0.4 is 0 Å². The molecule has 0 aromatic rings. The predicted octanol–water partition coefficient (Wildman–Crippen LogP) is 8.53. The van der Waals surface area contributed by atoms with Gasteiger partial charge in [-0.2, -0.15) is 0 Å². The van der Waals surface area contributed by atoms with Gasteiger partial charge in [-0.15, -0.1) is 0 Å². The molecule has 0 saturated carbocycles. The summed E-state index contributed by atoms with van der Waals surface area (Å²) in [4.78, 5) is 0. The van der Waals surface area contributed by atoms with E-state index < -0.39 is 26.1 Å². The van der Waals surface area contributed by atoms with Crippen LogP contribution in [0.25, 0.3) is 0 Å². The Labute approximate surface area is 189 Å². The molecule has 5 heteroatoms. The monoisotopic (exact) mass is 520 g/mol. The molecule has 0 aliphatic rings. The Bertz CT molecular complexity index is 295. The first-order chi connectivity index (χ1) is 14.2. The van der Waals surface area contributed by atoms with E-state index in [2.05, 4.69) is 34.6 Å². The van der Waals surface area contributed by atoms with Gasteiger partial charge in [0, 0.05) is 0 Å². The second-order valence-corrected chi connectivity index (χ2v) is 20.5. The van der Waals surface area contributed by atoms with Crippen LogP contribution >= 0.6 is 0 Å². The number of hydrogen-bond donors (Lipinski definition) is 0. The Morgan fingerprint density at radius 2 is 0.862 bits per heavy atom. The van der Waals surface area contributed by atoms with Gasteiger partial charge in [0.2, 0.25) is 0 Å². The molecule has 0 amide bonds. The van der Waals surface area contributed by atoms with Crippen LogP contribution in [-0.4, -0.2) is 39.3 Å². The van der Waals surface area contributed by atoms with Crippen LogP contribution in [0.5, 0.6) is 0 Å². The third-order valence-corrected chi connectivity index (χ3v) is 18.6. The fraction of sp³-hybridized carbons (Fsp3) is 1.00. The molecule has 0 heterocycles. The second kappa shape index (κ2) is 22.0.